The monoisotopic (exact) mass is 456 g/mol. The maximum Gasteiger partial charge on any atom is 0.410 e. The van der Waals surface area contributed by atoms with Gasteiger partial charge in [0.15, 0.2) is 17.7 Å². The van der Waals surface area contributed by atoms with Gasteiger partial charge in [0.05, 0.1) is 0 Å². The first-order valence-corrected chi connectivity index (χ1v) is 10.3. The fraction of sp³-hybridized carbons (Fsp3) is 0.600. The quantitative estimate of drug-likeness (QED) is 0.690. The number of ether oxygens (including phenoxy) is 2. The van der Waals surface area contributed by atoms with Gasteiger partial charge in [-0.1, -0.05) is 15.9 Å². The Morgan fingerprint density at radius 3 is 2.46 bits per heavy atom. The first kappa shape index (κ1) is 20.9. The molecule has 0 saturated carbocycles. The summed E-state index contributed by atoms with van der Waals surface area (Å²) in [7, 11) is 0. The van der Waals surface area contributed by atoms with E-state index in [9.17, 15) is 14.0 Å². The maximum atomic E-state index is 14.0. The second-order valence-corrected chi connectivity index (χ2v) is 9.12. The van der Waals surface area contributed by atoms with Gasteiger partial charge >= 0.3 is 6.09 Å². The van der Waals surface area contributed by atoms with Crippen LogP contribution in [0, 0.1) is 5.82 Å². The third-order valence-corrected chi connectivity index (χ3v) is 5.40. The van der Waals surface area contributed by atoms with Gasteiger partial charge in [0.2, 0.25) is 0 Å². The molecule has 6 nitrogen and oxygen atoms in total. The molecule has 0 N–H and O–H groups in total. The summed E-state index contributed by atoms with van der Waals surface area (Å²) in [5.41, 5.74) is -0.522. The Morgan fingerprint density at radius 2 is 1.86 bits per heavy atom. The zero-order valence-corrected chi connectivity index (χ0v) is 18.0. The predicted octanol–water partition coefficient (Wildman–Crippen LogP) is 3.97. The van der Waals surface area contributed by atoms with E-state index in [1.807, 2.05) is 25.7 Å². The zero-order chi connectivity index (χ0) is 20.5. The topological polar surface area (TPSA) is 59.1 Å². The summed E-state index contributed by atoms with van der Waals surface area (Å²) in [5.74, 6) is -0.521. The van der Waals surface area contributed by atoms with Crippen molar-refractivity contribution in [3.8, 4) is 5.75 Å². The Bertz CT molecular complexity index is 744. The second-order valence-electron chi connectivity index (χ2n) is 8.20. The van der Waals surface area contributed by atoms with Crippen molar-refractivity contribution in [1.29, 1.82) is 0 Å². The number of nitrogens with zero attached hydrogens (tertiary/aromatic N) is 2. The van der Waals surface area contributed by atoms with Crippen LogP contribution in [0.5, 0.6) is 5.75 Å². The van der Waals surface area contributed by atoms with Crippen molar-refractivity contribution < 1.29 is 23.5 Å². The van der Waals surface area contributed by atoms with Crippen molar-refractivity contribution in [1.82, 2.24) is 9.80 Å². The van der Waals surface area contributed by atoms with Crippen LogP contribution in [0.2, 0.25) is 0 Å². The van der Waals surface area contributed by atoms with Crippen LogP contribution in [0.25, 0.3) is 0 Å². The van der Waals surface area contributed by atoms with Gasteiger partial charge in [0.25, 0.3) is 5.91 Å². The van der Waals surface area contributed by atoms with Crippen LogP contribution in [0.4, 0.5) is 9.18 Å². The molecule has 3 rings (SSSR count). The zero-order valence-electron chi connectivity index (χ0n) is 16.4. The lowest BCUT2D eigenvalue weighted by molar-refractivity contribution is -0.136. The van der Waals surface area contributed by atoms with Gasteiger partial charge in [-0.05, 0) is 51.8 Å². The second kappa shape index (κ2) is 8.27. The molecule has 0 aliphatic carbocycles. The van der Waals surface area contributed by atoms with Crippen LogP contribution >= 0.6 is 15.9 Å². The number of rotatable bonds is 3. The molecule has 28 heavy (non-hydrogen) atoms. The molecule has 2 aliphatic rings. The van der Waals surface area contributed by atoms with Crippen molar-refractivity contribution >= 4 is 27.9 Å². The lowest BCUT2D eigenvalue weighted by atomic mass is 10.0. The molecule has 0 aromatic heterocycles. The molecule has 0 radical (unpaired) electrons. The van der Waals surface area contributed by atoms with Crippen LogP contribution < -0.4 is 4.74 Å². The molecule has 1 aromatic rings. The van der Waals surface area contributed by atoms with Gasteiger partial charge in [-0.2, -0.15) is 0 Å². The van der Waals surface area contributed by atoms with Crippen molar-refractivity contribution in [3.05, 3.63) is 28.5 Å². The summed E-state index contributed by atoms with van der Waals surface area (Å²) in [6.07, 6.45) is 0.945. The number of amides is 2. The van der Waals surface area contributed by atoms with E-state index in [1.165, 1.54) is 12.1 Å². The molecule has 1 unspecified atom stereocenters. The van der Waals surface area contributed by atoms with E-state index < -0.39 is 17.5 Å². The van der Waals surface area contributed by atoms with E-state index in [-0.39, 0.29) is 23.8 Å². The lowest BCUT2D eigenvalue weighted by Crippen LogP contribution is -2.49. The van der Waals surface area contributed by atoms with Gasteiger partial charge < -0.3 is 19.3 Å². The molecule has 8 heteroatoms. The minimum atomic E-state index is -0.667. The van der Waals surface area contributed by atoms with Gasteiger partial charge in [-0.3, -0.25) is 4.79 Å². The smallest absolute Gasteiger partial charge is 0.410 e. The predicted molar refractivity (Wildman–Crippen MR) is 106 cm³/mol. The number of carbonyl (C=O) groups is 2. The largest absolute Gasteiger partial charge is 0.477 e. The van der Waals surface area contributed by atoms with E-state index >= 15 is 0 Å². The minimum Gasteiger partial charge on any atom is -0.477 e. The first-order valence-electron chi connectivity index (χ1n) is 9.54. The van der Waals surface area contributed by atoms with Gasteiger partial charge in [-0.25, -0.2) is 9.18 Å². The number of hydrogen-bond donors (Lipinski definition) is 0. The molecule has 2 saturated heterocycles. The van der Waals surface area contributed by atoms with Gasteiger partial charge in [0.1, 0.15) is 5.60 Å². The third-order valence-electron chi connectivity index (χ3n) is 4.91. The molecule has 0 bridgehead atoms. The molecule has 2 fully saturated rings. The lowest BCUT2D eigenvalue weighted by Gasteiger charge is -2.37. The highest BCUT2D eigenvalue weighted by atomic mass is 79.9. The standard InChI is InChI=1S/C20H26BrFN2O4/c1-20(2,3)28-19(26)23-9-6-14(7-10-23)24-11-8-17(18(24)25)27-16-5-4-13(21)12-15(16)22/h4-5,12,14,17H,6-11H2,1-3H3. The van der Waals surface area contributed by atoms with Crippen LogP contribution in [0.15, 0.2) is 22.7 Å². The SMILES string of the molecule is CC(C)(C)OC(=O)N1CCC(N2CCC(Oc3ccc(Br)cc3F)C2=O)CC1. The number of carbonyl (C=O) groups excluding carboxylic acids is 2. The highest BCUT2D eigenvalue weighted by Crippen LogP contribution is 2.28. The Labute approximate surface area is 173 Å². The van der Waals surface area contributed by atoms with E-state index in [4.69, 9.17) is 9.47 Å². The number of halogens is 2. The van der Waals surface area contributed by atoms with Crippen LogP contribution in [-0.4, -0.2) is 59.2 Å². The van der Waals surface area contributed by atoms with Crippen LogP contribution in [0.1, 0.15) is 40.0 Å². The molecule has 2 amide bonds. The van der Waals surface area contributed by atoms with E-state index in [0.29, 0.717) is 43.4 Å². The van der Waals surface area contributed by atoms with Crippen LogP contribution in [0.3, 0.4) is 0 Å². The fourth-order valence-corrected chi connectivity index (χ4v) is 3.89. The number of piperidine rings is 1. The van der Waals surface area contributed by atoms with Crippen molar-refractivity contribution in [2.45, 2.75) is 57.8 Å². The third kappa shape index (κ3) is 4.96. The summed E-state index contributed by atoms with van der Waals surface area (Å²) in [6.45, 7) is 7.21. The number of benzene rings is 1. The average molecular weight is 457 g/mol. The molecule has 1 aromatic carbocycles. The Kier molecular flexibility index (Phi) is 6.17. The van der Waals surface area contributed by atoms with Crippen molar-refractivity contribution in [2.24, 2.45) is 0 Å². The Morgan fingerprint density at radius 1 is 1.18 bits per heavy atom. The summed E-state index contributed by atoms with van der Waals surface area (Å²) in [4.78, 5) is 28.4. The summed E-state index contributed by atoms with van der Waals surface area (Å²) < 4.78 is 25.7. The van der Waals surface area contributed by atoms with Crippen molar-refractivity contribution in [3.63, 3.8) is 0 Å². The maximum absolute atomic E-state index is 14.0. The van der Waals surface area contributed by atoms with E-state index in [2.05, 4.69) is 15.9 Å². The average Bonchev–Trinajstić information content (AvgIpc) is 2.97. The molecule has 1 atom stereocenters. The van der Waals surface area contributed by atoms with E-state index in [0.717, 1.165) is 0 Å². The molecule has 154 valence electrons. The highest BCUT2D eigenvalue weighted by molar-refractivity contribution is 9.10. The molecule has 2 aliphatic heterocycles. The summed E-state index contributed by atoms with van der Waals surface area (Å²) in [6, 6.07) is 4.59. The molecular weight excluding hydrogens is 431 g/mol. The Balaban J connectivity index is 1.54. The first-order chi connectivity index (χ1) is 13.1. The van der Waals surface area contributed by atoms with Crippen molar-refractivity contribution in [2.75, 3.05) is 19.6 Å². The normalized spacial score (nSPS) is 21.2. The molecular formula is C20H26BrFN2O4. The summed E-state index contributed by atoms with van der Waals surface area (Å²) >= 11 is 3.21. The molecule has 2 heterocycles. The number of likely N-dealkylation sites (tertiary alicyclic amines) is 2. The van der Waals surface area contributed by atoms with Gasteiger partial charge in [0, 0.05) is 36.6 Å². The molecule has 0 spiro atoms. The highest BCUT2D eigenvalue weighted by Gasteiger charge is 2.39. The minimum absolute atomic E-state index is 0.0644. The van der Waals surface area contributed by atoms with E-state index in [1.54, 1.807) is 11.0 Å². The Hall–Kier alpha value is -1.83. The fourth-order valence-electron chi connectivity index (χ4n) is 3.56. The summed E-state index contributed by atoms with van der Waals surface area (Å²) in [5, 5.41) is 0. The number of hydrogen-bond acceptors (Lipinski definition) is 4. The van der Waals surface area contributed by atoms with Gasteiger partial charge in [-0.15, -0.1) is 0 Å². The van der Waals surface area contributed by atoms with Crippen LogP contribution in [-0.2, 0) is 9.53 Å².